The van der Waals surface area contributed by atoms with E-state index >= 15 is 0 Å². The van der Waals surface area contributed by atoms with Crippen LogP contribution < -0.4 is 15.2 Å². The molecule has 0 spiro atoms. The van der Waals surface area contributed by atoms with Crippen LogP contribution in [0.3, 0.4) is 0 Å². The van der Waals surface area contributed by atoms with Crippen LogP contribution in [-0.2, 0) is 19.2 Å². The number of carbonyl (C=O) groups is 5. The van der Waals surface area contributed by atoms with Crippen molar-refractivity contribution in [3.8, 4) is 11.5 Å². The number of amidine groups is 1. The SMILES string of the molecule is CN(CC(=O)c1ccc(OCC(=O)O)c(OCC(=O)O)c1)C(=O)[C@H]1CC[C@H](C(=N)N)CC1.O=C(O)C(F)(F)F. The van der Waals surface area contributed by atoms with Crippen LogP contribution in [0.1, 0.15) is 36.0 Å². The lowest BCUT2D eigenvalue weighted by atomic mass is 9.81. The fraction of sp³-hybridized carbons (Fsp3) is 0.478. The molecule has 0 aromatic heterocycles. The maximum Gasteiger partial charge on any atom is 0.490 e. The molecule has 16 heteroatoms. The van der Waals surface area contributed by atoms with Gasteiger partial charge in [-0.2, -0.15) is 13.2 Å². The second-order valence-corrected chi connectivity index (χ2v) is 8.45. The van der Waals surface area contributed by atoms with Crippen LogP contribution in [-0.4, -0.2) is 88.6 Å². The van der Waals surface area contributed by atoms with Gasteiger partial charge in [-0.15, -0.1) is 0 Å². The van der Waals surface area contributed by atoms with Crippen molar-refractivity contribution in [1.29, 1.82) is 5.41 Å². The number of hydrogen-bond acceptors (Lipinski definition) is 8. The number of nitrogens with one attached hydrogen (secondary N) is 1. The molecule has 6 N–H and O–H groups in total. The number of carboxylic acid groups (broad SMARTS) is 3. The van der Waals surface area contributed by atoms with Crippen LogP contribution in [0.4, 0.5) is 13.2 Å². The van der Waals surface area contributed by atoms with E-state index in [4.69, 9.17) is 40.7 Å². The van der Waals surface area contributed by atoms with Crippen molar-refractivity contribution >= 4 is 35.4 Å². The number of benzene rings is 1. The Bertz CT molecular complexity index is 1090. The van der Waals surface area contributed by atoms with Gasteiger partial charge in [0.1, 0.15) is 0 Å². The average Bonchev–Trinajstić information content (AvgIpc) is 2.85. The number of amides is 1. The first-order valence-electron chi connectivity index (χ1n) is 11.3. The highest BCUT2D eigenvalue weighted by atomic mass is 19.4. The van der Waals surface area contributed by atoms with E-state index in [9.17, 15) is 32.3 Å². The Hall–Kier alpha value is -4.37. The monoisotopic (exact) mass is 563 g/mol. The maximum atomic E-state index is 12.7. The lowest BCUT2D eigenvalue weighted by Gasteiger charge is -2.29. The Morgan fingerprint density at radius 2 is 1.41 bits per heavy atom. The van der Waals surface area contributed by atoms with Gasteiger partial charge >= 0.3 is 24.1 Å². The minimum atomic E-state index is -5.08. The highest BCUT2D eigenvalue weighted by Gasteiger charge is 2.38. The van der Waals surface area contributed by atoms with Crippen molar-refractivity contribution in [3.63, 3.8) is 0 Å². The van der Waals surface area contributed by atoms with Crippen LogP contribution in [0.2, 0.25) is 0 Å². The van der Waals surface area contributed by atoms with Crippen LogP contribution >= 0.6 is 0 Å². The van der Waals surface area contributed by atoms with Gasteiger partial charge in [0, 0.05) is 24.4 Å². The van der Waals surface area contributed by atoms with Crippen molar-refractivity contribution < 1.29 is 61.9 Å². The number of aliphatic carboxylic acids is 3. The molecule has 0 radical (unpaired) electrons. The van der Waals surface area contributed by atoms with E-state index in [1.54, 1.807) is 0 Å². The number of carboxylic acids is 3. The zero-order valence-electron chi connectivity index (χ0n) is 20.7. The second kappa shape index (κ2) is 14.5. The first kappa shape index (κ1) is 32.7. The fourth-order valence-electron chi connectivity index (χ4n) is 3.54. The molecule has 0 saturated heterocycles. The highest BCUT2D eigenvalue weighted by molar-refractivity contribution is 6.00. The summed E-state index contributed by atoms with van der Waals surface area (Å²) in [5.74, 6) is -6.01. The van der Waals surface area contributed by atoms with Crippen LogP contribution in [0, 0.1) is 17.2 Å². The number of ketones is 1. The average molecular weight is 563 g/mol. The van der Waals surface area contributed by atoms with Crippen molar-refractivity contribution in [2.24, 2.45) is 17.6 Å². The molecule has 1 fully saturated rings. The van der Waals surface area contributed by atoms with E-state index in [0.29, 0.717) is 25.7 Å². The zero-order valence-corrected chi connectivity index (χ0v) is 20.7. The zero-order chi connectivity index (χ0) is 29.9. The molecule has 1 aliphatic carbocycles. The lowest BCUT2D eigenvalue weighted by Crippen LogP contribution is -2.39. The third-order valence-electron chi connectivity index (χ3n) is 5.48. The highest BCUT2D eigenvalue weighted by Crippen LogP contribution is 2.31. The molecule has 1 aromatic rings. The van der Waals surface area contributed by atoms with Crippen LogP contribution in [0.15, 0.2) is 18.2 Å². The summed E-state index contributed by atoms with van der Waals surface area (Å²) in [6.07, 6.45) is -2.56. The molecule has 0 aliphatic heterocycles. The van der Waals surface area contributed by atoms with E-state index in [1.165, 1.54) is 30.1 Å². The third kappa shape index (κ3) is 11.3. The number of alkyl halides is 3. The number of halogens is 3. The van der Waals surface area contributed by atoms with Crippen molar-refractivity contribution in [1.82, 2.24) is 4.90 Å². The molecule has 216 valence electrons. The predicted octanol–water partition coefficient (Wildman–Crippen LogP) is 1.63. The normalized spacial score (nSPS) is 16.6. The molecule has 1 aliphatic rings. The smallest absolute Gasteiger partial charge is 0.479 e. The molecule has 1 saturated carbocycles. The number of likely N-dealkylation sites (N-methyl/N-ethyl adjacent to an activating group) is 1. The minimum Gasteiger partial charge on any atom is -0.479 e. The Morgan fingerprint density at radius 3 is 1.85 bits per heavy atom. The van der Waals surface area contributed by atoms with Gasteiger partial charge in [-0.3, -0.25) is 15.0 Å². The predicted molar refractivity (Wildman–Crippen MR) is 126 cm³/mol. The molecule has 1 amide bonds. The first-order chi connectivity index (χ1) is 18.0. The topological polar surface area (TPSA) is 218 Å². The molecule has 0 bridgehead atoms. The number of nitrogens with two attached hydrogens (primary N) is 1. The number of Topliss-reactive ketones (excluding diaryl/α,β-unsaturated/α-hetero) is 1. The van der Waals surface area contributed by atoms with Gasteiger partial charge in [0.25, 0.3) is 0 Å². The van der Waals surface area contributed by atoms with Crippen molar-refractivity contribution in [3.05, 3.63) is 23.8 Å². The van der Waals surface area contributed by atoms with Gasteiger partial charge in [-0.05, 0) is 43.9 Å². The molecule has 1 aromatic carbocycles. The van der Waals surface area contributed by atoms with Gasteiger partial charge < -0.3 is 35.4 Å². The summed E-state index contributed by atoms with van der Waals surface area (Å²) in [4.78, 5) is 57.2. The molecule has 39 heavy (non-hydrogen) atoms. The summed E-state index contributed by atoms with van der Waals surface area (Å²) in [7, 11) is 1.53. The Morgan fingerprint density at radius 1 is 0.949 bits per heavy atom. The van der Waals surface area contributed by atoms with Gasteiger partial charge in [-0.25, -0.2) is 14.4 Å². The summed E-state index contributed by atoms with van der Waals surface area (Å²) >= 11 is 0. The Balaban J connectivity index is 0.000000956. The molecule has 13 nitrogen and oxygen atoms in total. The van der Waals surface area contributed by atoms with E-state index in [0.717, 1.165) is 0 Å². The van der Waals surface area contributed by atoms with Gasteiger partial charge in [0.2, 0.25) is 5.91 Å². The number of rotatable bonds is 11. The Labute approximate surface area is 219 Å². The van der Waals surface area contributed by atoms with Gasteiger partial charge in [0.05, 0.1) is 12.4 Å². The molecular formula is C23H28F3N3O10. The second-order valence-electron chi connectivity index (χ2n) is 8.45. The molecule has 0 atom stereocenters. The largest absolute Gasteiger partial charge is 0.490 e. The number of nitrogens with zero attached hydrogens (tertiary/aromatic N) is 1. The lowest BCUT2D eigenvalue weighted by molar-refractivity contribution is -0.192. The van der Waals surface area contributed by atoms with Crippen LogP contribution in [0.5, 0.6) is 11.5 Å². The third-order valence-corrected chi connectivity index (χ3v) is 5.48. The van der Waals surface area contributed by atoms with E-state index in [-0.39, 0.29) is 47.2 Å². The minimum absolute atomic E-state index is 0.00271. The maximum absolute atomic E-state index is 12.7. The summed E-state index contributed by atoms with van der Waals surface area (Å²) in [5, 5.41) is 32.2. The molecule has 0 heterocycles. The molecule has 0 unspecified atom stereocenters. The van der Waals surface area contributed by atoms with E-state index < -0.39 is 43.1 Å². The molecule has 2 rings (SSSR count). The fourth-order valence-corrected chi connectivity index (χ4v) is 3.54. The standard InChI is InChI=1S/C21H27N3O8.C2HF3O2/c1-24(21(30)13-4-2-12(3-5-13)20(22)23)9-15(25)14-6-7-16(31-10-18(26)27)17(8-14)32-11-19(28)29;3-2(4,5)1(6)7/h6-8,12-13H,2-5,9-11H2,1H3,(H3,22,23)(H,26,27)(H,28,29);(H,6,7)/t12-,13-;. The van der Waals surface area contributed by atoms with Crippen molar-refractivity contribution in [2.45, 2.75) is 31.9 Å². The van der Waals surface area contributed by atoms with Gasteiger partial charge in [0.15, 0.2) is 30.5 Å². The number of carbonyl (C=O) groups excluding carboxylic acids is 2. The van der Waals surface area contributed by atoms with Gasteiger partial charge in [-0.1, -0.05) is 0 Å². The van der Waals surface area contributed by atoms with E-state index in [2.05, 4.69) is 0 Å². The first-order valence-corrected chi connectivity index (χ1v) is 11.3. The summed E-state index contributed by atoms with van der Waals surface area (Å²) in [6, 6.07) is 3.97. The summed E-state index contributed by atoms with van der Waals surface area (Å²) in [6.45, 7) is -1.57. The van der Waals surface area contributed by atoms with Crippen molar-refractivity contribution in [2.75, 3.05) is 26.8 Å². The summed E-state index contributed by atoms with van der Waals surface area (Å²) < 4.78 is 41.9. The summed E-state index contributed by atoms with van der Waals surface area (Å²) in [5.41, 5.74) is 5.70. The number of ether oxygens (including phenoxy) is 2. The number of hydrogen-bond donors (Lipinski definition) is 5. The quantitative estimate of drug-likeness (QED) is 0.148. The Kier molecular flexibility index (Phi) is 12.2. The van der Waals surface area contributed by atoms with E-state index in [1.807, 2.05) is 0 Å². The van der Waals surface area contributed by atoms with Crippen LogP contribution in [0.25, 0.3) is 0 Å². The molecular weight excluding hydrogens is 535 g/mol.